The Morgan fingerprint density at radius 1 is 0.635 bits per heavy atom. The molecule has 0 aliphatic carbocycles. The summed E-state index contributed by atoms with van der Waals surface area (Å²) in [7, 11) is 1.18. The lowest BCUT2D eigenvalue weighted by atomic mass is 9.97. The van der Waals surface area contributed by atoms with Crippen LogP contribution in [0.25, 0.3) is 12.2 Å². The first-order valence-corrected chi connectivity index (χ1v) is 41.0. The van der Waals surface area contributed by atoms with Crippen molar-refractivity contribution in [2.45, 2.75) is 234 Å². The number of hydrogen-bond acceptors (Lipinski definition) is 17. The summed E-state index contributed by atoms with van der Waals surface area (Å²) < 4.78 is 83.2. The average Bonchev–Trinajstić information content (AvgIpc) is 0.934. The lowest BCUT2D eigenvalue weighted by molar-refractivity contribution is -0.153. The summed E-state index contributed by atoms with van der Waals surface area (Å²) in [4.78, 5) is 39.0. The molecule has 0 spiro atoms. The molecule has 0 radical (unpaired) electrons. The van der Waals surface area contributed by atoms with Gasteiger partial charge >= 0.3 is 17.9 Å². The standard InChI is InChI=1S/C53H70O9Si2.C25H36O8.C4H8O.2CH4/c1-38-35-39(2)48(51(55)57-33-34-63(10,11)12)42(36-38)25-22-30-47-49(61-53(7,8)60-47)46(59-50(54)41-23-16-13-17-24-41)32-31-45(58-37-56-9)40(3)62-64(52(4,5)6,43-26-18-14-19-27-43)44-28-20-15-21-29-44;1-15-12-16(2)22(24(28)29)18(13-15)8-7-9-21-23(33-25(4,5)32-21)19(27)10-11-20(17(3)26)31-14-30-6;1-2-4-5-3-1;;/h13-29,31-32,35-36,40,45-47,49H,30,33-34,37H2,1-12H3;7-8,10-13,17,19-21,23,26-27H,9,14H2,1-6H3,(H,28,29);1-4H2;2*1H4/b25-22+,32-31-;8-7+,11-10-;;;/t40-,45+,46?,47-,49+;17-,19?,20+,21-,23+;;;/m00.../s1/i;;;2*1T. The number of aryl methyl sites for hydroxylation is 4. The smallest absolute Gasteiger partial charge is 0.338 e. The fraction of sp³-hybridized carbons (Fsp3) is 0.512. The predicted molar refractivity (Wildman–Crippen MR) is 419 cm³/mol. The van der Waals surface area contributed by atoms with Gasteiger partial charge in [0.05, 0.1) is 47.7 Å². The van der Waals surface area contributed by atoms with Crippen LogP contribution in [0.1, 0.15) is 170 Å². The molecule has 2 unspecified atom stereocenters. The van der Waals surface area contributed by atoms with E-state index >= 15 is 0 Å². The topological polar surface area (TPSA) is 223 Å². The van der Waals surface area contributed by atoms with E-state index < -0.39 is 101 Å². The van der Waals surface area contributed by atoms with Crippen LogP contribution in [0.4, 0.5) is 0 Å². The van der Waals surface area contributed by atoms with Gasteiger partial charge in [-0.1, -0.05) is 212 Å². The van der Waals surface area contributed by atoms with Crippen LogP contribution in [0, 0.1) is 27.7 Å². The fourth-order valence-electron chi connectivity index (χ4n) is 12.8. The molecule has 3 fully saturated rings. The van der Waals surface area contributed by atoms with Crippen molar-refractivity contribution in [3.63, 3.8) is 0 Å². The number of hydrogen-bond donors (Lipinski definition) is 3. The Kier molecular flexibility index (Phi) is 34.9. The number of benzene rings is 5. The third-order valence-corrected chi connectivity index (χ3v) is 24.3. The first-order valence-electron chi connectivity index (χ1n) is 37.4. The number of carbonyl (C=O) groups is 3. The van der Waals surface area contributed by atoms with Crippen molar-refractivity contribution in [1.29, 1.82) is 0 Å². The van der Waals surface area contributed by atoms with Crippen LogP contribution in [-0.2, 0) is 56.5 Å². The van der Waals surface area contributed by atoms with Gasteiger partial charge in [0.2, 0.25) is 0 Å². The first-order chi connectivity index (χ1) is 50.2. The first kappa shape index (κ1) is 86.3. The zero-order chi connectivity index (χ0) is 79.0. The molecule has 0 amide bonds. The molecule has 3 aliphatic rings. The number of rotatable bonds is 31. The van der Waals surface area contributed by atoms with Gasteiger partial charge in [0.15, 0.2) is 11.6 Å². The summed E-state index contributed by atoms with van der Waals surface area (Å²) >= 11 is 0. The molecule has 0 bridgehead atoms. The van der Waals surface area contributed by atoms with Gasteiger partial charge in [-0.25, -0.2) is 14.4 Å². The van der Waals surface area contributed by atoms with Gasteiger partial charge in [-0.05, 0) is 157 Å². The summed E-state index contributed by atoms with van der Waals surface area (Å²) in [5.41, 5.74) is 6.17. The number of methoxy groups -OCH3 is 2. The molecule has 8 rings (SSSR count). The van der Waals surface area contributed by atoms with Crippen LogP contribution in [0.15, 0.2) is 152 Å². The number of aliphatic hydroxyl groups is 2. The second-order valence-electron chi connectivity index (χ2n) is 29.5. The molecule has 5 aromatic rings. The Bertz CT molecular complexity index is 3500. The van der Waals surface area contributed by atoms with Gasteiger partial charge < -0.3 is 71.9 Å². The summed E-state index contributed by atoms with van der Waals surface area (Å²) in [6, 6.07) is 38.4. The highest BCUT2D eigenvalue weighted by Crippen LogP contribution is 2.40. The van der Waals surface area contributed by atoms with Gasteiger partial charge in [0.25, 0.3) is 8.32 Å². The van der Waals surface area contributed by atoms with Crippen molar-refractivity contribution in [3.05, 3.63) is 202 Å². The third-order valence-electron chi connectivity index (χ3n) is 17.5. The number of aromatic carboxylic acids is 1. The van der Waals surface area contributed by atoms with Crippen LogP contribution in [-0.4, -0.2) is 170 Å². The molecule has 0 saturated carbocycles. The lowest BCUT2D eigenvalue weighted by Crippen LogP contribution is -2.68. The minimum absolute atomic E-state index is 0.00764. The highest BCUT2D eigenvalue weighted by Gasteiger charge is 2.52. The Morgan fingerprint density at radius 2 is 1.10 bits per heavy atom. The molecular weight excluding hydrogens is 1350 g/mol. The monoisotopic (exact) mass is 1480 g/mol. The molecule has 5 aromatic carbocycles. The molecule has 574 valence electrons. The molecule has 20 heteroatoms. The van der Waals surface area contributed by atoms with Crippen molar-refractivity contribution in [2.75, 3.05) is 47.6 Å². The van der Waals surface area contributed by atoms with E-state index in [0.717, 1.165) is 51.9 Å². The van der Waals surface area contributed by atoms with E-state index in [4.69, 9.17) is 59.3 Å². The quantitative estimate of drug-likeness (QED) is 0.0162. The zero-order valence-corrected chi connectivity index (χ0v) is 67.4. The van der Waals surface area contributed by atoms with E-state index in [1.807, 2.05) is 114 Å². The lowest BCUT2D eigenvalue weighted by Gasteiger charge is -2.45. The molecule has 10 atom stereocenters. The predicted octanol–water partition coefficient (Wildman–Crippen LogP) is 15.7. The van der Waals surface area contributed by atoms with Crippen molar-refractivity contribution < 1.29 is 89.0 Å². The summed E-state index contributed by atoms with van der Waals surface area (Å²) in [6.07, 6.45) is 10.9. The van der Waals surface area contributed by atoms with Crippen LogP contribution in [0.2, 0.25) is 30.7 Å². The van der Waals surface area contributed by atoms with Crippen molar-refractivity contribution in [2.24, 2.45) is 0 Å². The van der Waals surface area contributed by atoms with Gasteiger partial charge in [-0.2, -0.15) is 0 Å². The molecule has 3 heterocycles. The third kappa shape index (κ3) is 27.0. The van der Waals surface area contributed by atoms with E-state index in [2.05, 4.69) is 88.9 Å². The van der Waals surface area contributed by atoms with Gasteiger partial charge in [-0.15, -0.1) is 0 Å². The van der Waals surface area contributed by atoms with Gasteiger partial charge in [0.1, 0.15) is 50.2 Å². The average molecular weight is 1480 g/mol. The second-order valence-corrected chi connectivity index (χ2v) is 39.4. The van der Waals surface area contributed by atoms with E-state index in [1.165, 1.54) is 40.8 Å². The SMILES string of the molecule is C1CCOC1.COCO[C@H](/C=C\C(O)[C@H]1OC(C)(C)O[C@H]1C/C=C/c1cc(C)cc(C)c1C(=O)O)[C@H](C)O.COCO[C@H](/C=C\C(OC(=O)c1ccccc1)[C@H]1OC(C)(C)O[C@H]1C/C=C/c1cc(C)cc(C)c1C(=O)OCC[Si](C)(C)C)[C@H](C)O[Si](c1ccccc1)(c1ccccc1)C(C)(C)C.[3H]C.[3H]C. The van der Waals surface area contributed by atoms with Crippen LogP contribution >= 0.6 is 0 Å². The molecular formula is C84H122O18Si2. The molecule has 18 nitrogen and oxygen atoms in total. The largest absolute Gasteiger partial charge is 0.478 e. The molecule has 3 saturated heterocycles. The maximum absolute atomic E-state index is 13.9. The number of ether oxygens (including phenoxy) is 11. The Morgan fingerprint density at radius 3 is 1.56 bits per heavy atom. The van der Waals surface area contributed by atoms with E-state index in [9.17, 15) is 29.7 Å². The minimum atomic E-state index is -2.99. The summed E-state index contributed by atoms with van der Waals surface area (Å²) in [6.45, 7) is 34.4. The van der Waals surface area contributed by atoms with Crippen molar-refractivity contribution >= 4 is 56.8 Å². The van der Waals surface area contributed by atoms with Crippen LogP contribution < -0.4 is 10.4 Å². The maximum Gasteiger partial charge on any atom is 0.338 e. The maximum atomic E-state index is 13.9. The molecule has 0 aromatic heterocycles. The fourth-order valence-corrected chi connectivity index (χ4v) is 18.2. The van der Waals surface area contributed by atoms with Gasteiger partial charge in [0, 0.05) is 38.2 Å². The Hall–Kier alpha value is -6.58. The number of carboxylic acid groups (broad SMARTS) is 1. The molecule has 3 aliphatic heterocycles. The Labute approximate surface area is 626 Å². The zero-order valence-electron chi connectivity index (χ0n) is 67.4. The number of aliphatic hydroxyl groups excluding tert-OH is 2. The minimum Gasteiger partial charge on any atom is -0.478 e. The number of carboxylic acids is 1. The van der Waals surface area contributed by atoms with E-state index in [1.54, 1.807) is 71.2 Å². The second kappa shape index (κ2) is 42.1. The van der Waals surface area contributed by atoms with E-state index in [0.29, 0.717) is 41.7 Å². The van der Waals surface area contributed by atoms with E-state index in [-0.39, 0.29) is 30.2 Å². The van der Waals surface area contributed by atoms with Gasteiger partial charge in [-0.3, -0.25) is 0 Å². The number of esters is 2. The molecule has 3 N–H and O–H groups in total. The normalized spacial score (nSPS) is 19.9. The van der Waals surface area contributed by atoms with Crippen LogP contribution in [0.3, 0.4) is 0 Å². The van der Waals surface area contributed by atoms with Crippen molar-refractivity contribution in [1.82, 2.24) is 0 Å². The molecule has 104 heavy (non-hydrogen) atoms. The van der Waals surface area contributed by atoms with Crippen molar-refractivity contribution in [3.8, 4) is 0 Å². The summed E-state index contributed by atoms with van der Waals surface area (Å²) in [5, 5.41) is 32.2. The summed E-state index contributed by atoms with van der Waals surface area (Å²) in [5.74, 6) is -3.69. The number of carbonyl (C=O) groups excluding carboxylic acids is 2. The highest BCUT2D eigenvalue weighted by atomic mass is 28.4. The Balaban J connectivity index is 0.000000469. The van der Waals surface area contributed by atoms with Crippen LogP contribution in [0.5, 0.6) is 0 Å². The highest BCUT2D eigenvalue weighted by molar-refractivity contribution is 6.99.